The number of nitro benzene ring substituents is 1. The van der Waals surface area contributed by atoms with Gasteiger partial charge in [-0.3, -0.25) is 14.9 Å². The van der Waals surface area contributed by atoms with Crippen molar-refractivity contribution in [3.63, 3.8) is 0 Å². The van der Waals surface area contributed by atoms with Gasteiger partial charge in [0.05, 0.1) is 11.5 Å². The second-order valence-electron chi connectivity index (χ2n) is 8.17. The zero-order valence-electron chi connectivity index (χ0n) is 18.3. The lowest BCUT2D eigenvalue weighted by atomic mass is 10.2. The lowest BCUT2D eigenvalue weighted by molar-refractivity contribution is -0.384. The van der Waals surface area contributed by atoms with Crippen molar-refractivity contribution < 1.29 is 24.4 Å². The molecular weight excluding hydrogens is 456 g/mol. The predicted molar refractivity (Wildman–Crippen MR) is 125 cm³/mol. The van der Waals surface area contributed by atoms with Crippen LogP contribution in [0.3, 0.4) is 0 Å². The molecule has 1 atom stereocenters. The molecule has 10 nitrogen and oxygen atoms in total. The number of carbonyl (C=O) groups is 2. The summed E-state index contributed by atoms with van der Waals surface area (Å²) in [4.78, 5) is 38.5. The topological polar surface area (TPSA) is 125 Å². The van der Waals surface area contributed by atoms with E-state index in [9.17, 15) is 24.8 Å². The predicted octanol–water partition coefficient (Wildman–Crippen LogP) is 2.14. The van der Waals surface area contributed by atoms with Gasteiger partial charge in [-0.15, -0.1) is 0 Å². The fourth-order valence-corrected chi connectivity index (χ4v) is 4.12. The molecule has 1 aromatic carbocycles. The summed E-state index contributed by atoms with van der Waals surface area (Å²) in [6.07, 6.45) is -0.757. The van der Waals surface area contributed by atoms with Crippen molar-refractivity contribution in [2.75, 3.05) is 32.8 Å². The number of thiocarbonyl (C=S) groups is 1. The van der Waals surface area contributed by atoms with Crippen LogP contribution in [-0.2, 0) is 15.3 Å². The van der Waals surface area contributed by atoms with E-state index in [-0.39, 0.29) is 11.6 Å². The molecule has 1 unspecified atom stereocenters. The van der Waals surface area contributed by atoms with Crippen LogP contribution < -0.4 is 5.32 Å². The number of nitrogens with one attached hydrogen (secondary N) is 1. The molecule has 1 heterocycles. The van der Waals surface area contributed by atoms with Crippen molar-refractivity contribution in [2.45, 2.75) is 38.2 Å². The number of alkyl carbamates (subject to hydrolysis) is 1. The smallest absolute Gasteiger partial charge is 0.408 e. The minimum atomic E-state index is -1.07. The Morgan fingerprint density at radius 1 is 1.22 bits per heavy atom. The van der Waals surface area contributed by atoms with Gasteiger partial charge in [-0.1, -0.05) is 36.1 Å². The Morgan fingerprint density at radius 2 is 1.78 bits per heavy atom. The van der Waals surface area contributed by atoms with Gasteiger partial charge in [0.25, 0.3) is 5.69 Å². The highest BCUT2D eigenvalue weighted by Gasteiger charge is 2.30. The monoisotopic (exact) mass is 484 g/mol. The first-order valence-electron chi connectivity index (χ1n) is 10.0. The third kappa shape index (κ3) is 7.92. The number of nitro groups is 1. The summed E-state index contributed by atoms with van der Waals surface area (Å²) in [5.74, 6) is 0.213. The van der Waals surface area contributed by atoms with Crippen LogP contribution >= 0.6 is 24.0 Å². The van der Waals surface area contributed by atoms with Gasteiger partial charge in [0.15, 0.2) is 0 Å². The Labute approximate surface area is 196 Å². The van der Waals surface area contributed by atoms with E-state index in [1.807, 2.05) is 4.90 Å². The lowest BCUT2D eigenvalue weighted by Gasteiger charge is -2.37. The molecule has 1 fully saturated rings. The molecule has 0 bridgehead atoms. The first-order chi connectivity index (χ1) is 15.0. The number of aliphatic hydroxyl groups excluding tert-OH is 1. The van der Waals surface area contributed by atoms with E-state index in [2.05, 4.69) is 5.32 Å². The number of non-ortho nitro benzene ring substituents is 1. The van der Waals surface area contributed by atoms with Gasteiger partial charge in [0, 0.05) is 44.1 Å². The van der Waals surface area contributed by atoms with Gasteiger partial charge in [0.1, 0.15) is 16.0 Å². The Morgan fingerprint density at radius 3 is 2.28 bits per heavy atom. The Hall–Kier alpha value is -2.44. The molecule has 1 aliphatic rings. The van der Waals surface area contributed by atoms with E-state index in [1.165, 1.54) is 23.9 Å². The number of benzene rings is 1. The minimum Gasteiger partial charge on any atom is -0.444 e. The second-order valence-corrected chi connectivity index (χ2v) is 9.78. The van der Waals surface area contributed by atoms with Crippen LogP contribution in [-0.4, -0.2) is 80.6 Å². The van der Waals surface area contributed by atoms with E-state index in [4.69, 9.17) is 17.0 Å². The summed E-state index contributed by atoms with van der Waals surface area (Å²) in [7, 11) is 0. The highest BCUT2D eigenvalue weighted by atomic mass is 32.2. The highest BCUT2D eigenvalue weighted by Crippen LogP contribution is 2.20. The maximum absolute atomic E-state index is 12.7. The van der Waals surface area contributed by atoms with Crippen LogP contribution in [0.15, 0.2) is 24.3 Å². The number of nitrogens with zero attached hydrogens (tertiary/aromatic N) is 3. The quantitative estimate of drug-likeness (QED) is 0.355. The van der Waals surface area contributed by atoms with Crippen LogP contribution in [0.4, 0.5) is 10.5 Å². The molecular formula is C20H28N4O6S2. The summed E-state index contributed by atoms with van der Waals surface area (Å²) in [6.45, 7) is 6.48. The lowest BCUT2D eigenvalue weighted by Crippen LogP contribution is -2.56. The maximum Gasteiger partial charge on any atom is 0.408 e. The zero-order chi connectivity index (χ0) is 23.9. The minimum absolute atomic E-state index is 0.0458. The van der Waals surface area contributed by atoms with E-state index < -0.39 is 29.3 Å². The van der Waals surface area contributed by atoms with Crippen molar-refractivity contribution in [2.24, 2.45) is 0 Å². The fraction of sp³-hybridized carbons (Fsp3) is 0.550. The van der Waals surface area contributed by atoms with Crippen LogP contribution in [0, 0.1) is 10.1 Å². The largest absolute Gasteiger partial charge is 0.444 e. The Balaban J connectivity index is 1.80. The number of hydrogen-bond acceptors (Lipinski definition) is 8. The molecule has 0 aliphatic carbocycles. The van der Waals surface area contributed by atoms with E-state index in [0.717, 1.165) is 5.56 Å². The average molecular weight is 485 g/mol. The normalized spacial score (nSPS) is 15.1. The van der Waals surface area contributed by atoms with Crippen LogP contribution in [0.5, 0.6) is 0 Å². The summed E-state index contributed by atoms with van der Waals surface area (Å²) >= 11 is 6.95. The first kappa shape index (κ1) is 25.8. The number of amides is 2. The van der Waals surface area contributed by atoms with Gasteiger partial charge in [0.2, 0.25) is 5.91 Å². The number of rotatable bonds is 6. The molecule has 0 spiro atoms. The average Bonchev–Trinajstić information content (AvgIpc) is 2.74. The number of carbonyl (C=O) groups excluding carboxylic acids is 2. The molecule has 32 heavy (non-hydrogen) atoms. The summed E-state index contributed by atoms with van der Waals surface area (Å²) in [5, 5.41) is 22.7. The second kappa shape index (κ2) is 11.4. The summed E-state index contributed by atoms with van der Waals surface area (Å²) < 4.78 is 5.83. The zero-order valence-corrected chi connectivity index (χ0v) is 19.9. The van der Waals surface area contributed by atoms with Crippen LogP contribution in [0.2, 0.25) is 0 Å². The molecule has 0 radical (unpaired) electrons. The fourth-order valence-electron chi connectivity index (χ4n) is 2.92. The van der Waals surface area contributed by atoms with Crippen molar-refractivity contribution in [3.8, 4) is 0 Å². The van der Waals surface area contributed by atoms with E-state index in [1.54, 1.807) is 37.8 Å². The van der Waals surface area contributed by atoms with Crippen LogP contribution in [0.1, 0.15) is 26.3 Å². The van der Waals surface area contributed by atoms with Crippen molar-refractivity contribution in [1.29, 1.82) is 0 Å². The third-order valence-corrected chi connectivity index (χ3v) is 6.13. The standard InChI is InChI=1S/C20H28N4O6S2/c1-20(2,3)30-18(27)21-16(12-25)17(26)22-8-10-23(11-9-22)19(31)32-13-14-4-6-15(7-5-14)24(28)29/h4-7,16,25H,8-13H2,1-3H3,(H,21,27). The third-order valence-electron chi connectivity index (χ3n) is 4.53. The summed E-state index contributed by atoms with van der Waals surface area (Å²) in [6, 6.07) is 5.27. The Bertz CT molecular complexity index is 835. The van der Waals surface area contributed by atoms with Gasteiger partial charge >= 0.3 is 6.09 Å². The van der Waals surface area contributed by atoms with Crippen LogP contribution in [0.25, 0.3) is 0 Å². The number of thioether (sulfide) groups is 1. The molecule has 1 saturated heterocycles. The van der Waals surface area contributed by atoms with Crippen molar-refractivity contribution in [1.82, 2.24) is 15.1 Å². The van der Waals surface area contributed by atoms with E-state index >= 15 is 0 Å². The molecule has 0 saturated carbocycles. The maximum atomic E-state index is 12.7. The molecule has 2 N–H and O–H groups in total. The van der Waals surface area contributed by atoms with Gasteiger partial charge in [-0.2, -0.15) is 0 Å². The highest BCUT2D eigenvalue weighted by molar-refractivity contribution is 8.22. The number of piperazine rings is 1. The number of ether oxygens (including phenoxy) is 1. The van der Waals surface area contributed by atoms with Crippen molar-refractivity contribution >= 4 is 46.0 Å². The SMILES string of the molecule is CC(C)(C)OC(=O)NC(CO)C(=O)N1CCN(C(=S)SCc2ccc([N+](=O)[O-])cc2)CC1. The molecule has 1 aliphatic heterocycles. The van der Waals surface area contributed by atoms with Gasteiger partial charge in [-0.05, 0) is 26.3 Å². The molecule has 1 aromatic rings. The molecule has 176 valence electrons. The van der Waals surface area contributed by atoms with Gasteiger partial charge in [-0.25, -0.2) is 4.79 Å². The Kier molecular flexibility index (Phi) is 9.22. The molecule has 12 heteroatoms. The van der Waals surface area contributed by atoms with Gasteiger partial charge < -0.3 is 25.0 Å². The molecule has 2 amide bonds. The summed E-state index contributed by atoms with van der Waals surface area (Å²) in [5.41, 5.74) is 0.265. The molecule has 2 rings (SSSR count). The van der Waals surface area contributed by atoms with Crippen molar-refractivity contribution in [3.05, 3.63) is 39.9 Å². The van der Waals surface area contributed by atoms with E-state index in [0.29, 0.717) is 36.3 Å². The number of hydrogen-bond donors (Lipinski definition) is 2. The number of aliphatic hydroxyl groups is 1. The first-order valence-corrected chi connectivity index (χ1v) is 11.4. The molecule has 0 aromatic heterocycles.